The minimum atomic E-state index is 0. The highest BCUT2D eigenvalue weighted by atomic mass is 79.9. The molecular formula is C14H12BrN2S-. The first-order valence-electron chi connectivity index (χ1n) is 5.50. The van der Waals surface area contributed by atoms with Crippen LogP contribution in [0.1, 0.15) is 5.69 Å². The summed E-state index contributed by atoms with van der Waals surface area (Å²) < 4.78 is 0. The summed E-state index contributed by atoms with van der Waals surface area (Å²) in [6.45, 7) is 2.00. The molecule has 3 rings (SSSR count). The number of thiazole rings is 1. The Labute approximate surface area is 120 Å². The molecule has 0 bridgehead atoms. The lowest BCUT2D eigenvalue weighted by Crippen LogP contribution is -3.00. The molecule has 1 aromatic heterocycles. The average molecular weight is 320 g/mol. The van der Waals surface area contributed by atoms with Crippen molar-refractivity contribution in [3.63, 3.8) is 0 Å². The molecule has 0 saturated heterocycles. The van der Waals surface area contributed by atoms with Crippen molar-refractivity contribution in [2.45, 2.75) is 6.92 Å². The van der Waals surface area contributed by atoms with E-state index in [0.29, 0.717) is 0 Å². The van der Waals surface area contributed by atoms with Crippen LogP contribution in [0.15, 0.2) is 47.8 Å². The Morgan fingerprint density at radius 3 is 2.61 bits per heavy atom. The van der Waals surface area contributed by atoms with Crippen LogP contribution in [-0.2, 0) is 0 Å². The third-order valence-corrected chi connectivity index (χ3v) is 3.53. The van der Waals surface area contributed by atoms with Gasteiger partial charge in [-0.1, -0.05) is 36.4 Å². The Morgan fingerprint density at radius 2 is 1.83 bits per heavy atom. The fourth-order valence-electron chi connectivity index (χ4n) is 1.86. The second kappa shape index (κ2) is 5.50. The number of rotatable bonds is 2. The van der Waals surface area contributed by atoms with Crippen LogP contribution < -0.4 is 22.3 Å². The van der Waals surface area contributed by atoms with Gasteiger partial charge in [0.25, 0.3) is 0 Å². The fraction of sp³-hybridized carbons (Fsp3) is 0.0714. The van der Waals surface area contributed by atoms with Gasteiger partial charge >= 0.3 is 0 Å². The smallest absolute Gasteiger partial charge is 0.187 e. The van der Waals surface area contributed by atoms with Gasteiger partial charge in [0.2, 0.25) is 0 Å². The normalized spacial score (nSPS) is 10.1. The third-order valence-electron chi connectivity index (χ3n) is 2.65. The highest BCUT2D eigenvalue weighted by molar-refractivity contribution is 7.13. The number of hydrogen-bond acceptors (Lipinski definition) is 3. The summed E-state index contributed by atoms with van der Waals surface area (Å²) in [5.41, 5.74) is 2.16. The van der Waals surface area contributed by atoms with E-state index in [9.17, 15) is 0 Å². The van der Waals surface area contributed by atoms with Crippen molar-refractivity contribution in [1.82, 2.24) is 4.98 Å². The second-order valence-corrected chi connectivity index (χ2v) is 4.80. The van der Waals surface area contributed by atoms with E-state index in [2.05, 4.69) is 52.8 Å². The van der Waals surface area contributed by atoms with Crippen molar-refractivity contribution in [1.29, 1.82) is 0 Å². The van der Waals surface area contributed by atoms with E-state index in [-0.39, 0.29) is 17.0 Å². The molecule has 2 aromatic carbocycles. The third kappa shape index (κ3) is 2.54. The van der Waals surface area contributed by atoms with E-state index in [1.165, 1.54) is 10.8 Å². The highest BCUT2D eigenvalue weighted by Gasteiger charge is 2.02. The van der Waals surface area contributed by atoms with E-state index in [0.717, 1.165) is 16.5 Å². The van der Waals surface area contributed by atoms with E-state index < -0.39 is 0 Å². The molecule has 0 aliphatic rings. The molecule has 0 spiro atoms. The van der Waals surface area contributed by atoms with E-state index >= 15 is 0 Å². The van der Waals surface area contributed by atoms with Crippen LogP contribution in [0.2, 0.25) is 0 Å². The first-order valence-corrected chi connectivity index (χ1v) is 6.38. The largest absolute Gasteiger partial charge is 1.00 e. The lowest BCUT2D eigenvalue weighted by atomic mass is 10.1. The summed E-state index contributed by atoms with van der Waals surface area (Å²) in [5, 5.41) is 8.83. The zero-order chi connectivity index (χ0) is 11.7. The highest BCUT2D eigenvalue weighted by Crippen LogP contribution is 2.27. The number of aromatic nitrogens is 1. The summed E-state index contributed by atoms with van der Waals surface area (Å²) in [6, 6.07) is 14.6. The molecule has 0 unspecified atom stereocenters. The van der Waals surface area contributed by atoms with Gasteiger partial charge in [0.1, 0.15) is 0 Å². The molecule has 0 amide bonds. The van der Waals surface area contributed by atoms with Gasteiger partial charge in [-0.2, -0.15) is 0 Å². The first-order chi connectivity index (χ1) is 8.33. The summed E-state index contributed by atoms with van der Waals surface area (Å²) >= 11 is 1.63. The van der Waals surface area contributed by atoms with Crippen LogP contribution in [0.25, 0.3) is 10.8 Å². The molecule has 0 aliphatic carbocycles. The molecule has 1 N–H and O–H groups in total. The number of fused-ring (bicyclic) bond motifs is 1. The summed E-state index contributed by atoms with van der Waals surface area (Å²) in [6.07, 6.45) is 0. The molecule has 0 radical (unpaired) electrons. The minimum Gasteiger partial charge on any atom is -1.00 e. The number of aryl methyl sites for hydroxylation is 1. The van der Waals surface area contributed by atoms with E-state index in [1.54, 1.807) is 11.3 Å². The quantitative estimate of drug-likeness (QED) is 0.771. The van der Waals surface area contributed by atoms with Crippen molar-refractivity contribution in [3.8, 4) is 0 Å². The molecule has 0 aliphatic heterocycles. The molecule has 0 saturated carbocycles. The maximum Gasteiger partial charge on any atom is 0.187 e. The number of anilines is 2. The maximum absolute atomic E-state index is 4.42. The molecule has 0 fully saturated rings. The van der Waals surface area contributed by atoms with Crippen LogP contribution in [-0.4, -0.2) is 4.98 Å². The number of halogens is 1. The van der Waals surface area contributed by atoms with E-state index in [1.807, 2.05) is 12.3 Å². The van der Waals surface area contributed by atoms with Crippen LogP contribution in [0.3, 0.4) is 0 Å². The van der Waals surface area contributed by atoms with Crippen molar-refractivity contribution in [2.24, 2.45) is 0 Å². The van der Waals surface area contributed by atoms with Crippen molar-refractivity contribution >= 4 is 32.9 Å². The first kappa shape index (κ1) is 13.1. The average Bonchev–Trinajstić information content (AvgIpc) is 2.75. The molecule has 92 valence electrons. The zero-order valence-corrected chi connectivity index (χ0v) is 12.3. The van der Waals surface area contributed by atoms with Gasteiger partial charge in [-0.15, -0.1) is 11.3 Å². The summed E-state index contributed by atoms with van der Waals surface area (Å²) in [5.74, 6) is 0. The SMILES string of the molecule is Cc1csc(Nc2cccc3ccccc23)n1.[Br-]. The number of nitrogens with zero attached hydrogens (tertiary/aromatic N) is 1. The zero-order valence-electron chi connectivity index (χ0n) is 9.85. The molecule has 0 atom stereocenters. The van der Waals surface area contributed by atoms with Gasteiger partial charge in [0.15, 0.2) is 5.13 Å². The van der Waals surface area contributed by atoms with Gasteiger partial charge in [-0.05, 0) is 18.4 Å². The number of hydrogen-bond donors (Lipinski definition) is 1. The molecule has 4 heteroatoms. The van der Waals surface area contributed by atoms with Gasteiger partial charge < -0.3 is 22.3 Å². The van der Waals surface area contributed by atoms with Crippen LogP contribution in [0, 0.1) is 6.92 Å². The van der Waals surface area contributed by atoms with Crippen LogP contribution in [0.4, 0.5) is 10.8 Å². The van der Waals surface area contributed by atoms with Crippen molar-refractivity contribution < 1.29 is 17.0 Å². The molecular weight excluding hydrogens is 308 g/mol. The molecule has 18 heavy (non-hydrogen) atoms. The Kier molecular flexibility index (Phi) is 3.99. The van der Waals surface area contributed by atoms with Crippen molar-refractivity contribution in [2.75, 3.05) is 5.32 Å². The molecule has 2 nitrogen and oxygen atoms in total. The summed E-state index contributed by atoms with van der Waals surface area (Å²) in [7, 11) is 0. The topological polar surface area (TPSA) is 24.9 Å². The predicted octanol–water partition coefficient (Wildman–Crippen LogP) is 1.35. The van der Waals surface area contributed by atoms with Gasteiger partial charge in [-0.3, -0.25) is 0 Å². The predicted molar refractivity (Wildman–Crippen MR) is 74.1 cm³/mol. The standard InChI is InChI=1S/C14H12N2S.BrH/c1-10-9-17-14(15-10)16-13-8-4-6-11-5-2-3-7-12(11)13;/h2-9H,1H3,(H,15,16);1H/p-1. The Morgan fingerprint density at radius 1 is 1.06 bits per heavy atom. The maximum atomic E-state index is 4.42. The van der Waals surface area contributed by atoms with E-state index in [4.69, 9.17) is 0 Å². The monoisotopic (exact) mass is 319 g/mol. The minimum absolute atomic E-state index is 0. The summed E-state index contributed by atoms with van der Waals surface area (Å²) in [4.78, 5) is 4.42. The van der Waals surface area contributed by atoms with Crippen molar-refractivity contribution in [3.05, 3.63) is 53.5 Å². The lowest BCUT2D eigenvalue weighted by molar-refractivity contribution is -0.00000339. The van der Waals surface area contributed by atoms with Crippen LogP contribution in [0.5, 0.6) is 0 Å². The fourth-order valence-corrected chi connectivity index (χ4v) is 2.56. The van der Waals surface area contributed by atoms with Gasteiger partial charge in [0.05, 0.1) is 5.69 Å². The van der Waals surface area contributed by atoms with Gasteiger partial charge in [-0.25, -0.2) is 4.98 Å². The molecule has 1 heterocycles. The Bertz CT molecular complexity index is 658. The Balaban J connectivity index is 0.00000120. The number of nitrogens with one attached hydrogen (secondary N) is 1. The van der Waals surface area contributed by atoms with Gasteiger partial charge in [0, 0.05) is 16.5 Å². The number of benzene rings is 2. The van der Waals surface area contributed by atoms with Crippen LogP contribution >= 0.6 is 11.3 Å². The molecule has 3 aromatic rings. The second-order valence-electron chi connectivity index (χ2n) is 3.95. The lowest BCUT2D eigenvalue weighted by Gasteiger charge is -2.06. The Hall–Kier alpha value is -1.39.